The fourth-order valence-corrected chi connectivity index (χ4v) is 3.79. The number of hydrogen-bond donors (Lipinski definition) is 0. The van der Waals surface area contributed by atoms with Crippen molar-refractivity contribution >= 4 is 58.2 Å². The van der Waals surface area contributed by atoms with Gasteiger partial charge >= 0.3 is 10.9 Å². The first-order valence-electron chi connectivity index (χ1n) is 14.7. The van der Waals surface area contributed by atoms with Crippen molar-refractivity contribution in [2.45, 2.75) is 77.7 Å². The summed E-state index contributed by atoms with van der Waals surface area (Å²) in [7, 11) is 0. The number of carbonyl (C=O) groups is 4. The van der Waals surface area contributed by atoms with Gasteiger partial charge in [0.25, 0.3) is 0 Å². The molecule has 0 spiro atoms. The van der Waals surface area contributed by atoms with Crippen molar-refractivity contribution in [3.8, 4) is 0 Å². The van der Waals surface area contributed by atoms with E-state index >= 15 is 0 Å². The maximum atomic E-state index is 10.2. The van der Waals surface area contributed by atoms with E-state index in [-0.39, 0.29) is 6.61 Å². The fourth-order valence-electron chi connectivity index (χ4n) is 3.53. The monoisotopic (exact) mass is 664 g/mol. The summed E-state index contributed by atoms with van der Waals surface area (Å²) in [5, 5.41) is 0.653. The zero-order valence-electron chi connectivity index (χ0n) is 25.3. The number of rotatable bonds is 15. The Morgan fingerprint density at radius 2 is 1.02 bits per heavy atom. The van der Waals surface area contributed by atoms with E-state index in [1.54, 1.807) is 36.4 Å². The number of aldehydes is 2. The quantitative estimate of drug-likeness (QED) is 0.0912. The standard InChI is InChI=1S/C13H25ClO2.C8H7ClO2.C7H5ClO.C7H6O/c1-2-3-4-5-6-7-8-9-10-11-12-16-13(14)15;9-8(10)11-6-7-4-2-1-3-5-7;8-7-3-1-6(5-9)2-4-7;8-6-7-4-2-1-3-5-7/h2-12H2,1H3;1-5H,6H2;1-5H;1-6H. The Bertz CT molecular complexity index is 1130. The van der Waals surface area contributed by atoms with Gasteiger partial charge in [0, 0.05) is 39.4 Å². The molecule has 0 saturated heterocycles. The Morgan fingerprint density at radius 1 is 0.591 bits per heavy atom. The second-order valence-corrected chi connectivity index (χ2v) is 10.5. The smallest absolute Gasteiger partial charge is 0.404 e. The zero-order chi connectivity index (χ0) is 32.7. The highest BCUT2D eigenvalue weighted by Gasteiger charge is 1.96. The van der Waals surface area contributed by atoms with Gasteiger partial charge < -0.3 is 9.47 Å². The van der Waals surface area contributed by atoms with E-state index in [9.17, 15) is 19.2 Å². The minimum atomic E-state index is -0.770. The molecule has 0 bridgehead atoms. The summed E-state index contributed by atoms with van der Waals surface area (Å²) in [6, 6.07) is 25.2. The third-order valence-corrected chi connectivity index (χ3v) is 6.32. The van der Waals surface area contributed by atoms with Crippen LogP contribution in [0.3, 0.4) is 0 Å². The van der Waals surface area contributed by atoms with E-state index < -0.39 is 10.9 Å². The predicted octanol–water partition coefficient (Wildman–Crippen LogP) is 11.5. The lowest BCUT2D eigenvalue weighted by Gasteiger charge is -2.02. The van der Waals surface area contributed by atoms with Gasteiger partial charge in [-0.3, -0.25) is 9.59 Å². The third-order valence-electron chi connectivity index (χ3n) is 5.85. The van der Waals surface area contributed by atoms with E-state index in [0.717, 1.165) is 36.5 Å². The molecule has 0 radical (unpaired) electrons. The van der Waals surface area contributed by atoms with Crippen LogP contribution in [0.25, 0.3) is 0 Å². The maximum absolute atomic E-state index is 10.2. The summed E-state index contributed by atoms with van der Waals surface area (Å²) in [6.45, 7) is 2.95. The molecule has 44 heavy (non-hydrogen) atoms. The molecule has 0 aliphatic carbocycles. The van der Waals surface area contributed by atoms with Crippen molar-refractivity contribution in [1.82, 2.24) is 0 Å². The lowest BCUT2D eigenvalue weighted by molar-refractivity contribution is 0.111. The first-order chi connectivity index (χ1) is 21.3. The second kappa shape index (κ2) is 29.9. The van der Waals surface area contributed by atoms with Crippen molar-refractivity contribution in [3.63, 3.8) is 0 Å². The van der Waals surface area contributed by atoms with Crippen molar-refractivity contribution < 1.29 is 28.7 Å². The highest BCUT2D eigenvalue weighted by Crippen LogP contribution is 2.11. The molecule has 3 rings (SSSR count). The van der Waals surface area contributed by atoms with Gasteiger partial charge in [-0.2, -0.15) is 0 Å². The third kappa shape index (κ3) is 27.6. The summed E-state index contributed by atoms with van der Waals surface area (Å²) in [4.78, 5) is 40.5. The number of unbranched alkanes of at least 4 members (excludes halogenated alkanes) is 9. The minimum absolute atomic E-state index is 0.239. The molecule has 0 saturated carbocycles. The first-order valence-corrected chi connectivity index (χ1v) is 15.8. The number of carbonyl (C=O) groups excluding carboxylic acids is 4. The average molecular weight is 666 g/mol. The van der Waals surface area contributed by atoms with Gasteiger partial charge in [0.2, 0.25) is 0 Å². The van der Waals surface area contributed by atoms with Crippen LogP contribution in [0.5, 0.6) is 0 Å². The highest BCUT2D eigenvalue weighted by molar-refractivity contribution is 6.61. The van der Waals surface area contributed by atoms with E-state index in [1.807, 2.05) is 48.5 Å². The molecule has 0 fully saturated rings. The van der Waals surface area contributed by atoms with Crippen molar-refractivity contribution in [3.05, 3.63) is 107 Å². The summed E-state index contributed by atoms with van der Waals surface area (Å²) in [6.07, 6.45) is 14.4. The molecular formula is C35H43Cl3O6. The number of ether oxygens (including phenoxy) is 2. The van der Waals surface area contributed by atoms with Gasteiger partial charge in [-0.15, -0.1) is 0 Å². The Labute approximate surface area is 277 Å². The van der Waals surface area contributed by atoms with Gasteiger partial charge in [0.05, 0.1) is 6.61 Å². The molecule has 0 amide bonds. The Morgan fingerprint density at radius 3 is 1.45 bits per heavy atom. The molecule has 6 nitrogen and oxygen atoms in total. The van der Waals surface area contributed by atoms with Gasteiger partial charge in [-0.25, -0.2) is 9.59 Å². The van der Waals surface area contributed by atoms with Gasteiger partial charge in [-0.05, 0) is 24.1 Å². The highest BCUT2D eigenvalue weighted by atomic mass is 35.5. The zero-order valence-corrected chi connectivity index (χ0v) is 27.6. The SMILES string of the molecule is CCCCCCCCCCCCOC(=O)Cl.O=C(Cl)OCc1ccccc1.O=Cc1ccc(Cl)cc1.O=Cc1ccccc1. The summed E-state index contributed by atoms with van der Waals surface area (Å²) < 4.78 is 9.19. The lowest BCUT2D eigenvalue weighted by atomic mass is 10.1. The van der Waals surface area contributed by atoms with Crippen LogP contribution in [0, 0.1) is 0 Å². The summed E-state index contributed by atoms with van der Waals surface area (Å²) >= 11 is 15.6. The van der Waals surface area contributed by atoms with Crippen LogP contribution in [0.15, 0.2) is 84.9 Å². The molecule has 0 atom stereocenters. The van der Waals surface area contributed by atoms with Crippen LogP contribution >= 0.6 is 34.8 Å². The number of hydrogen-bond acceptors (Lipinski definition) is 6. The van der Waals surface area contributed by atoms with E-state index in [0.29, 0.717) is 17.2 Å². The molecule has 240 valence electrons. The fraction of sp³-hybridized carbons (Fsp3) is 0.371. The van der Waals surface area contributed by atoms with E-state index in [2.05, 4.69) is 16.4 Å². The number of benzene rings is 3. The first kappa shape index (κ1) is 40.8. The summed E-state index contributed by atoms with van der Waals surface area (Å²) in [5.74, 6) is 0. The molecular weight excluding hydrogens is 623 g/mol. The van der Waals surface area contributed by atoms with Gasteiger partial charge in [0.1, 0.15) is 19.2 Å². The van der Waals surface area contributed by atoms with Gasteiger partial charge in [0.15, 0.2) is 0 Å². The molecule has 0 aromatic heterocycles. The van der Waals surface area contributed by atoms with E-state index in [1.165, 1.54) is 51.4 Å². The van der Waals surface area contributed by atoms with Crippen molar-refractivity contribution in [2.75, 3.05) is 6.61 Å². The topological polar surface area (TPSA) is 86.7 Å². The average Bonchev–Trinajstić information content (AvgIpc) is 3.05. The van der Waals surface area contributed by atoms with Crippen molar-refractivity contribution in [2.24, 2.45) is 0 Å². The number of halogens is 3. The Hall–Kier alpha value is -3.19. The molecule has 9 heteroatoms. The Kier molecular flexibility index (Phi) is 27.7. The molecule has 0 unspecified atom stereocenters. The van der Waals surface area contributed by atoms with Crippen LogP contribution in [0.4, 0.5) is 9.59 Å². The lowest BCUT2D eigenvalue weighted by Crippen LogP contribution is -1.96. The van der Waals surface area contributed by atoms with Crippen LogP contribution in [-0.4, -0.2) is 30.0 Å². The van der Waals surface area contributed by atoms with Crippen LogP contribution in [-0.2, 0) is 16.1 Å². The largest absolute Gasteiger partial charge is 0.454 e. The van der Waals surface area contributed by atoms with E-state index in [4.69, 9.17) is 34.8 Å². The predicted molar refractivity (Wildman–Crippen MR) is 180 cm³/mol. The molecule has 3 aromatic carbocycles. The van der Waals surface area contributed by atoms with Crippen molar-refractivity contribution in [1.29, 1.82) is 0 Å². The molecule has 3 aromatic rings. The maximum Gasteiger partial charge on any atom is 0.404 e. The van der Waals surface area contributed by atoms with Gasteiger partial charge in [-0.1, -0.05) is 149 Å². The van der Waals surface area contributed by atoms with Crippen LogP contribution in [0.2, 0.25) is 5.02 Å². The minimum Gasteiger partial charge on any atom is -0.454 e. The summed E-state index contributed by atoms with van der Waals surface area (Å²) in [5.41, 5.74) is 0.859. The molecule has 0 heterocycles. The molecule has 0 aliphatic heterocycles. The Balaban J connectivity index is 0.000000580. The van der Waals surface area contributed by atoms with Crippen LogP contribution < -0.4 is 0 Å². The molecule has 0 aliphatic rings. The normalized spacial score (nSPS) is 9.45. The van der Waals surface area contributed by atoms with Crippen LogP contribution in [0.1, 0.15) is 97.4 Å². The second-order valence-electron chi connectivity index (χ2n) is 9.48. The molecule has 0 N–H and O–H groups in total.